The molecule has 2 aromatic heterocycles. The molecule has 2 N–H and O–H groups in total. The average Bonchev–Trinajstić information content (AvgIpc) is 3.31. The molecule has 0 amide bonds. The van der Waals surface area contributed by atoms with Crippen LogP contribution < -0.4 is 10.0 Å². The molecule has 1 saturated heterocycles. The first-order chi connectivity index (χ1) is 18.6. The molecule has 206 valence electrons. The number of benzene rings is 1. The third-order valence-corrected chi connectivity index (χ3v) is 7.77. The van der Waals surface area contributed by atoms with Crippen LogP contribution in [-0.4, -0.2) is 49.6 Å². The Hall–Kier alpha value is -3.31. The van der Waals surface area contributed by atoms with Crippen LogP contribution in [0.4, 0.5) is 30.6 Å². The van der Waals surface area contributed by atoms with Gasteiger partial charge >= 0.3 is 6.18 Å². The summed E-state index contributed by atoms with van der Waals surface area (Å²) >= 11 is 1.51. The predicted molar refractivity (Wildman–Crippen MR) is 150 cm³/mol. The number of nitrogens with zero attached hydrogens (tertiary/aromatic N) is 5. The summed E-state index contributed by atoms with van der Waals surface area (Å²) < 4.78 is 42.9. The normalized spacial score (nSPS) is 19.6. The lowest BCUT2D eigenvalue weighted by molar-refractivity contribution is -0.137. The van der Waals surface area contributed by atoms with E-state index in [0.29, 0.717) is 35.8 Å². The Morgan fingerprint density at radius 3 is 2.72 bits per heavy atom. The maximum Gasteiger partial charge on any atom is 0.416 e. The van der Waals surface area contributed by atoms with E-state index >= 15 is 0 Å². The number of piperidine rings is 1. The monoisotopic (exact) mass is 555 g/mol. The van der Waals surface area contributed by atoms with Crippen molar-refractivity contribution in [1.29, 1.82) is 0 Å². The summed E-state index contributed by atoms with van der Waals surface area (Å²) in [7, 11) is 0. The quantitative estimate of drug-likeness (QED) is 0.322. The van der Waals surface area contributed by atoms with Gasteiger partial charge in [0.15, 0.2) is 0 Å². The number of hydrogen-bond acceptors (Lipinski definition) is 8. The Balaban J connectivity index is 1.22. The smallest absolute Gasteiger partial charge is 0.369 e. The molecule has 2 aliphatic heterocycles. The van der Waals surface area contributed by atoms with E-state index < -0.39 is 11.7 Å². The standard InChI is InChI=1S/C28H32F3N7S/c1-17-9-22(28(29,30)31)13-23(10-17)34-27-33-14-21-15-37(16-25(21)35-27)24-6-8-38(18(2)11-24)19(3)20-5-7-32-26(12-20)36-39-4/h5,7,9-10,12-14,18,24H,3,6,8,11,15-16H2,1-2,4H3,(H,32,36)(H,33,34,35)/t18-,24-/m1/s1. The third-order valence-electron chi connectivity index (χ3n) is 7.35. The fourth-order valence-corrected chi connectivity index (χ4v) is 5.78. The van der Waals surface area contributed by atoms with E-state index in [4.69, 9.17) is 0 Å². The zero-order valence-corrected chi connectivity index (χ0v) is 23.0. The maximum atomic E-state index is 13.2. The van der Waals surface area contributed by atoms with Crippen LogP contribution in [0.3, 0.4) is 0 Å². The van der Waals surface area contributed by atoms with Gasteiger partial charge in [0.1, 0.15) is 5.82 Å². The molecule has 1 fully saturated rings. The Bertz CT molecular complexity index is 1360. The van der Waals surface area contributed by atoms with Crippen molar-refractivity contribution < 1.29 is 13.2 Å². The van der Waals surface area contributed by atoms with E-state index in [9.17, 15) is 13.2 Å². The number of aromatic nitrogens is 3. The first kappa shape index (κ1) is 27.3. The highest BCUT2D eigenvalue weighted by molar-refractivity contribution is 7.99. The number of aryl methyl sites for hydroxylation is 1. The summed E-state index contributed by atoms with van der Waals surface area (Å²) in [6, 6.07) is 8.61. The molecule has 0 aliphatic carbocycles. The van der Waals surface area contributed by atoms with Crippen LogP contribution in [0.1, 0.15) is 47.7 Å². The highest BCUT2D eigenvalue weighted by Gasteiger charge is 2.34. The molecule has 2 atom stereocenters. The summed E-state index contributed by atoms with van der Waals surface area (Å²) in [6.45, 7) is 10.6. The van der Waals surface area contributed by atoms with Crippen LogP contribution in [0.5, 0.6) is 0 Å². The van der Waals surface area contributed by atoms with Gasteiger partial charge in [-0.1, -0.05) is 18.5 Å². The molecular formula is C28H32F3N7S. The summed E-state index contributed by atoms with van der Waals surface area (Å²) in [4.78, 5) is 18.2. The van der Waals surface area contributed by atoms with E-state index in [-0.39, 0.29) is 0 Å². The molecule has 1 aromatic carbocycles. The van der Waals surface area contributed by atoms with E-state index in [1.807, 2.05) is 18.4 Å². The van der Waals surface area contributed by atoms with Crippen LogP contribution in [0.25, 0.3) is 5.70 Å². The zero-order chi connectivity index (χ0) is 27.7. The predicted octanol–water partition coefficient (Wildman–Crippen LogP) is 6.47. The Morgan fingerprint density at radius 1 is 1.15 bits per heavy atom. The maximum absolute atomic E-state index is 13.2. The lowest BCUT2D eigenvalue weighted by Gasteiger charge is -2.43. The molecule has 7 nitrogen and oxygen atoms in total. The van der Waals surface area contributed by atoms with Crippen molar-refractivity contribution >= 4 is 35.1 Å². The fraction of sp³-hybridized carbons (Fsp3) is 0.393. The van der Waals surface area contributed by atoms with Gasteiger partial charge in [0.05, 0.1) is 11.3 Å². The second-order valence-corrected chi connectivity index (χ2v) is 10.8. The molecule has 11 heteroatoms. The van der Waals surface area contributed by atoms with Crippen LogP contribution in [-0.2, 0) is 19.3 Å². The summed E-state index contributed by atoms with van der Waals surface area (Å²) in [5.74, 6) is 1.12. The fourth-order valence-electron chi connectivity index (χ4n) is 5.46. The molecule has 0 radical (unpaired) electrons. The lowest BCUT2D eigenvalue weighted by Crippen LogP contribution is -2.46. The van der Waals surface area contributed by atoms with Gasteiger partial charge in [0.25, 0.3) is 0 Å². The van der Waals surface area contributed by atoms with Gasteiger partial charge < -0.3 is 14.9 Å². The van der Waals surface area contributed by atoms with Gasteiger partial charge in [-0.15, -0.1) is 0 Å². The number of pyridine rings is 1. The van der Waals surface area contributed by atoms with Crippen molar-refractivity contribution in [2.75, 3.05) is 22.8 Å². The summed E-state index contributed by atoms with van der Waals surface area (Å²) in [5.41, 5.74) is 4.19. The van der Waals surface area contributed by atoms with E-state index in [2.05, 4.69) is 48.3 Å². The number of hydrogen-bond donors (Lipinski definition) is 2. The number of fused-ring (bicyclic) bond motifs is 1. The van der Waals surface area contributed by atoms with Crippen molar-refractivity contribution in [2.45, 2.75) is 58.0 Å². The van der Waals surface area contributed by atoms with Crippen molar-refractivity contribution in [2.24, 2.45) is 0 Å². The zero-order valence-electron chi connectivity index (χ0n) is 22.2. The van der Waals surface area contributed by atoms with Crippen molar-refractivity contribution in [3.63, 3.8) is 0 Å². The Kier molecular flexibility index (Phi) is 7.73. The molecule has 39 heavy (non-hydrogen) atoms. The molecule has 0 bridgehead atoms. The minimum atomic E-state index is -4.41. The molecule has 0 unspecified atom stereocenters. The second-order valence-electron chi connectivity index (χ2n) is 10.2. The van der Waals surface area contributed by atoms with Crippen molar-refractivity contribution in [3.8, 4) is 0 Å². The van der Waals surface area contributed by atoms with Crippen LogP contribution in [0, 0.1) is 6.92 Å². The molecule has 2 aliphatic rings. The first-order valence-electron chi connectivity index (χ1n) is 12.9. The van der Waals surface area contributed by atoms with Crippen molar-refractivity contribution in [3.05, 3.63) is 77.3 Å². The molecule has 0 spiro atoms. The van der Waals surface area contributed by atoms with Gasteiger partial charge in [-0.25, -0.2) is 15.0 Å². The number of likely N-dealkylation sites (tertiary alicyclic amines) is 1. The number of halogens is 3. The molecule has 4 heterocycles. The number of rotatable bonds is 7. The topological polar surface area (TPSA) is 69.2 Å². The highest BCUT2D eigenvalue weighted by Crippen LogP contribution is 2.35. The largest absolute Gasteiger partial charge is 0.416 e. The molecule has 0 saturated carbocycles. The molecule has 3 aromatic rings. The van der Waals surface area contributed by atoms with E-state index in [0.717, 1.165) is 66.4 Å². The minimum Gasteiger partial charge on any atom is -0.369 e. The van der Waals surface area contributed by atoms with Gasteiger partial charge in [-0.2, -0.15) is 13.2 Å². The Morgan fingerprint density at radius 2 is 1.97 bits per heavy atom. The van der Waals surface area contributed by atoms with Gasteiger partial charge in [-0.05, 0) is 62.6 Å². The van der Waals surface area contributed by atoms with E-state index in [1.165, 1.54) is 11.9 Å². The second kappa shape index (κ2) is 11.1. The number of nitrogens with one attached hydrogen (secondary N) is 2. The van der Waals surface area contributed by atoms with Gasteiger partial charge in [0.2, 0.25) is 5.95 Å². The molecule has 5 rings (SSSR count). The number of anilines is 3. The van der Waals surface area contributed by atoms with Gasteiger partial charge in [-0.3, -0.25) is 4.90 Å². The van der Waals surface area contributed by atoms with Crippen LogP contribution >= 0.6 is 11.9 Å². The summed E-state index contributed by atoms with van der Waals surface area (Å²) in [5, 5.41) is 2.97. The van der Waals surface area contributed by atoms with Crippen LogP contribution in [0.2, 0.25) is 0 Å². The third kappa shape index (κ3) is 6.14. The van der Waals surface area contributed by atoms with E-state index in [1.54, 1.807) is 25.4 Å². The highest BCUT2D eigenvalue weighted by atomic mass is 32.2. The lowest BCUT2D eigenvalue weighted by atomic mass is 9.95. The average molecular weight is 556 g/mol. The van der Waals surface area contributed by atoms with Crippen LogP contribution in [0.15, 0.2) is 49.3 Å². The summed E-state index contributed by atoms with van der Waals surface area (Å²) in [6.07, 6.45) is 3.14. The Labute approximate surface area is 231 Å². The van der Waals surface area contributed by atoms with Crippen molar-refractivity contribution in [1.82, 2.24) is 24.8 Å². The SMILES string of the molecule is C=C(c1ccnc(NSC)c1)N1CC[C@@H](N2Cc3cnc(Nc4cc(C)cc(C(F)(F)F)c4)nc3C2)C[C@H]1C. The minimum absolute atomic E-state index is 0.307. The first-order valence-corrected chi connectivity index (χ1v) is 14.1. The van der Waals surface area contributed by atoms with Gasteiger partial charge in [0, 0.05) is 72.9 Å². The number of alkyl halides is 3. The molecular weight excluding hydrogens is 523 g/mol.